The molecule has 50 valence electrons. The van der Waals surface area contributed by atoms with E-state index in [2.05, 4.69) is 29.4 Å². The van der Waals surface area contributed by atoms with Gasteiger partial charge < -0.3 is 0 Å². The van der Waals surface area contributed by atoms with Gasteiger partial charge in [0.1, 0.15) is 0 Å². The Hall–Kier alpha value is 1.33. The zero-order valence-electron chi connectivity index (χ0n) is 6.47. The molecule has 0 aromatic rings. The Kier molecular flexibility index (Phi) is 4.90. The summed E-state index contributed by atoms with van der Waals surface area (Å²) in [5, 5.41) is 0. The van der Waals surface area contributed by atoms with Crippen molar-refractivity contribution in [3.05, 3.63) is 0 Å². The zero-order chi connectivity index (χ0) is 6.73. The summed E-state index contributed by atoms with van der Waals surface area (Å²) in [4.78, 5) is 0. The van der Waals surface area contributed by atoms with E-state index >= 15 is 0 Å². The molecule has 0 radical (unpaired) electrons. The minimum absolute atomic E-state index is 0.0571. The average molecular weight is 254 g/mol. The second kappa shape index (κ2) is 4.20. The van der Waals surface area contributed by atoms with Crippen molar-refractivity contribution < 1.29 is 0 Å². The van der Waals surface area contributed by atoms with E-state index < -0.39 is 0 Å². The molecule has 0 rings (SSSR count). The molecule has 0 aliphatic rings. The Morgan fingerprint density at radius 1 is 0.875 bits per heavy atom. The molecule has 0 bridgehead atoms. The molecule has 0 amide bonds. The van der Waals surface area contributed by atoms with Crippen LogP contribution in [0.15, 0.2) is 0 Å². The van der Waals surface area contributed by atoms with Crippen molar-refractivity contribution in [2.24, 2.45) is 0 Å². The summed E-state index contributed by atoms with van der Waals surface area (Å²) in [5.74, 6) is 0. The van der Waals surface area contributed by atoms with Crippen molar-refractivity contribution in [3.63, 3.8) is 0 Å². The number of rotatable bonds is 2. The summed E-state index contributed by atoms with van der Waals surface area (Å²) in [6, 6.07) is 0. The van der Waals surface area contributed by atoms with E-state index in [1.165, 1.54) is 0 Å². The predicted molar refractivity (Wildman–Crippen MR) is 48.0 cm³/mol. The van der Waals surface area contributed by atoms with Crippen LogP contribution in [0.25, 0.3) is 0 Å². The summed E-state index contributed by atoms with van der Waals surface area (Å²) in [7, 11) is 0. The van der Waals surface area contributed by atoms with E-state index in [-0.39, 0.29) is 33.7 Å². The molecule has 0 spiro atoms. The normalized spacial score (nSPS) is 12.0. The molecule has 8 heavy (non-hydrogen) atoms. The Bertz CT molecular complexity index is 55.4. The van der Waals surface area contributed by atoms with Crippen LogP contribution in [0.2, 0.25) is 29.4 Å². The van der Waals surface area contributed by atoms with Crippen LogP contribution in [0.4, 0.5) is 0 Å². The summed E-state index contributed by atoms with van der Waals surface area (Å²) >= 11 is -0.354. The van der Waals surface area contributed by atoms with Gasteiger partial charge in [0.25, 0.3) is 0 Å². The molecule has 0 atom stereocenters. The molecule has 0 aliphatic heterocycles. The molecule has 3 heteroatoms. The number of hydrogen-bond acceptors (Lipinski definition) is 0. The van der Waals surface area contributed by atoms with Crippen molar-refractivity contribution in [1.29, 1.82) is 0 Å². The first-order valence-electron chi connectivity index (χ1n) is 2.88. The van der Waals surface area contributed by atoms with Crippen LogP contribution < -0.4 is 0 Å². The molecule has 0 fully saturated rings. The van der Waals surface area contributed by atoms with Crippen LogP contribution >= 0.6 is 0 Å². The van der Waals surface area contributed by atoms with Gasteiger partial charge in [-0.3, -0.25) is 0 Å². The predicted octanol–water partition coefficient (Wildman–Crippen LogP) is 1.51. The zero-order valence-corrected chi connectivity index (χ0v) is 11.4. The quantitative estimate of drug-likeness (QED) is 0.655. The third-order valence-corrected chi connectivity index (χ3v) is 53.5. The molecule has 0 aromatic carbocycles. The van der Waals surface area contributed by atoms with Crippen LogP contribution in [-0.2, 0) is 0 Å². The van der Waals surface area contributed by atoms with Crippen LogP contribution in [0.1, 0.15) is 0 Å². The van der Waals surface area contributed by atoms with Gasteiger partial charge in [0.2, 0.25) is 0 Å². The van der Waals surface area contributed by atoms with Gasteiger partial charge in [0.15, 0.2) is 0 Å². The van der Waals surface area contributed by atoms with E-state index in [0.29, 0.717) is 0 Å². The van der Waals surface area contributed by atoms with E-state index in [4.69, 9.17) is 0 Å². The van der Waals surface area contributed by atoms with E-state index in [9.17, 15) is 0 Å². The van der Waals surface area contributed by atoms with Crippen LogP contribution in [-0.4, -0.2) is 33.7 Å². The van der Waals surface area contributed by atoms with E-state index in [0.717, 1.165) is 0 Å². The first kappa shape index (κ1) is 9.33. The third-order valence-electron chi connectivity index (χ3n) is 1.49. The molecule has 0 heterocycles. The van der Waals surface area contributed by atoms with Gasteiger partial charge in [-0.15, -0.1) is 0 Å². The van der Waals surface area contributed by atoms with Gasteiger partial charge in [-0.05, 0) is 0 Å². The molecular formula is C5H16As2Si. The first-order chi connectivity index (χ1) is 3.55. The first-order valence-corrected chi connectivity index (χ1v) is 19.1. The fourth-order valence-electron chi connectivity index (χ4n) is 0.462. The molecule has 0 saturated heterocycles. The van der Waals surface area contributed by atoms with Crippen molar-refractivity contribution in [2.45, 2.75) is 29.4 Å². The van der Waals surface area contributed by atoms with Crippen LogP contribution in [0.5, 0.6) is 0 Å². The van der Waals surface area contributed by atoms with Gasteiger partial charge in [-0.2, -0.15) is 0 Å². The monoisotopic (exact) mass is 254 g/mol. The van der Waals surface area contributed by atoms with E-state index in [1.807, 2.05) is 0 Å². The molecule has 0 aromatic heterocycles. The average Bonchev–Trinajstić information content (AvgIpc) is 1.64. The number of hydrogen-bond donors (Lipinski definition) is 0. The van der Waals surface area contributed by atoms with Crippen molar-refractivity contribution in [2.75, 3.05) is 0 Å². The second-order valence-corrected chi connectivity index (χ2v) is 38.2. The summed E-state index contributed by atoms with van der Waals surface area (Å²) < 4.78 is 0. The fourth-order valence-corrected chi connectivity index (χ4v) is 37.4. The molecule has 0 aliphatic carbocycles. The third kappa shape index (κ3) is 3.38. The SMILES string of the molecule is C[SiH]([As](C)C)[As](C)C. The molecular weight excluding hydrogens is 238 g/mol. The van der Waals surface area contributed by atoms with Gasteiger partial charge >= 0.3 is 63.1 Å². The van der Waals surface area contributed by atoms with Crippen LogP contribution in [0.3, 0.4) is 0 Å². The maximum atomic E-state index is 2.58. The van der Waals surface area contributed by atoms with Gasteiger partial charge in [0, 0.05) is 0 Å². The Labute approximate surface area is 63.0 Å². The van der Waals surface area contributed by atoms with Crippen molar-refractivity contribution in [1.82, 2.24) is 0 Å². The Balaban J connectivity index is 3.46. The molecule has 0 N–H and O–H groups in total. The molecule has 0 saturated carbocycles. The standard InChI is InChI=1S/C5H16As2Si/c1-6(2)8(5)7(3)4/h8H,1-5H3. The molecule has 0 nitrogen and oxygen atoms in total. The summed E-state index contributed by atoms with van der Waals surface area (Å²) in [6.07, 6.45) is 0. The second-order valence-electron chi connectivity index (χ2n) is 2.56. The maximum absolute atomic E-state index is 2.58. The molecule has 0 unspecified atom stereocenters. The van der Waals surface area contributed by atoms with Crippen LogP contribution in [0, 0.1) is 0 Å². The summed E-state index contributed by atoms with van der Waals surface area (Å²) in [6.45, 7) is 2.58. The van der Waals surface area contributed by atoms with E-state index in [1.54, 1.807) is 0 Å². The summed E-state index contributed by atoms with van der Waals surface area (Å²) in [5.41, 5.74) is 10.0. The van der Waals surface area contributed by atoms with Crippen molar-refractivity contribution in [3.8, 4) is 0 Å². The Morgan fingerprint density at radius 3 is 1.12 bits per heavy atom. The van der Waals surface area contributed by atoms with Gasteiger partial charge in [-0.1, -0.05) is 0 Å². The Morgan fingerprint density at radius 2 is 1.12 bits per heavy atom. The minimum atomic E-state index is -0.177. The van der Waals surface area contributed by atoms with Crippen molar-refractivity contribution >= 4 is 33.7 Å². The van der Waals surface area contributed by atoms with Gasteiger partial charge in [-0.25, -0.2) is 0 Å². The topological polar surface area (TPSA) is 0 Å². The fraction of sp³-hybridized carbons (Fsp3) is 1.00. The van der Waals surface area contributed by atoms with Gasteiger partial charge in [0.05, 0.1) is 0 Å².